The Bertz CT molecular complexity index is 320. The van der Waals surface area contributed by atoms with Gasteiger partial charge in [-0.25, -0.2) is 0 Å². The summed E-state index contributed by atoms with van der Waals surface area (Å²) >= 11 is 0. The second-order valence-electron chi connectivity index (χ2n) is 3.76. The minimum atomic E-state index is -0.471. The van der Waals surface area contributed by atoms with Gasteiger partial charge in [0.15, 0.2) is 0 Å². The quantitative estimate of drug-likeness (QED) is 0.610. The maximum Gasteiger partial charge on any atom is 0.245 e. The van der Waals surface area contributed by atoms with Crippen molar-refractivity contribution in [3.63, 3.8) is 0 Å². The van der Waals surface area contributed by atoms with Gasteiger partial charge in [0.2, 0.25) is 11.8 Å². The van der Waals surface area contributed by atoms with Crippen molar-refractivity contribution in [2.24, 2.45) is 23.3 Å². The molecule has 2 rings (SSSR count). The van der Waals surface area contributed by atoms with Crippen molar-refractivity contribution >= 4 is 11.8 Å². The molecule has 0 radical (unpaired) electrons. The second kappa shape index (κ2) is 2.58. The predicted molar refractivity (Wildman–Crippen MR) is 46.2 cm³/mol. The van der Waals surface area contributed by atoms with E-state index in [-0.39, 0.29) is 5.92 Å². The standard InChI is InChI=1S/C9H12N2O2/c10-8(12)6-4-1-2-5(3-4)7(6)9(11)13/h4,6H,1-3H2,(H2,10,12)(H2,11,13). The fourth-order valence-electron chi connectivity index (χ4n) is 2.57. The van der Waals surface area contributed by atoms with E-state index in [1.165, 1.54) is 0 Å². The number of rotatable bonds is 2. The highest BCUT2D eigenvalue weighted by Gasteiger charge is 2.44. The maximum atomic E-state index is 11.1. The monoisotopic (exact) mass is 180 g/mol. The third-order valence-corrected chi connectivity index (χ3v) is 3.06. The van der Waals surface area contributed by atoms with Crippen molar-refractivity contribution in [2.45, 2.75) is 19.3 Å². The zero-order valence-corrected chi connectivity index (χ0v) is 7.25. The van der Waals surface area contributed by atoms with Gasteiger partial charge in [0, 0.05) is 5.57 Å². The van der Waals surface area contributed by atoms with Crippen LogP contribution in [0.2, 0.25) is 0 Å². The van der Waals surface area contributed by atoms with E-state index in [0.717, 1.165) is 24.8 Å². The van der Waals surface area contributed by atoms with Gasteiger partial charge in [-0.15, -0.1) is 0 Å². The summed E-state index contributed by atoms with van der Waals surface area (Å²) in [6.07, 6.45) is 2.72. The van der Waals surface area contributed by atoms with Crippen LogP contribution in [0.15, 0.2) is 11.1 Å². The Kier molecular flexibility index (Phi) is 1.65. The highest BCUT2D eigenvalue weighted by Crippen LogP contribution is 2.47. The van der Waals surface area contributed by atoms with Gasteiger partial charge in [-0.3, -0.25) is 9.59 Å². The molecule has 13 heavy (non-hydrogen) atoms. The number of hydrogen-bond donors (Lipinski definition) is 2. The summed E-state index contributed by atoms with van der Waals surface area (Å²) in [5.41, 5.74) is 12.0. The molecule has 70 valence electrons. The number of amides is 2. The fourth-order valence-corrected chi connectivity index (χ4v) is 2.57. The van der Waals surface area contributed by atoms with Crippen LogP contribution >= 0.6 is 0 Å². The second-order valence-corrected chi connectivity index (χ2v) is 3.76. The Morgan fingerprint density at radius 1 is 1.31 bits per heavy atom. The van der Waals surface area contributed by atoms with E-state index in [9.17, 15) is 9.59 Å². The van der Waals surface area contributed by atoms with Crippen LogP contribution in [-0.4, -0.2) is 11.8 Å². The van der Waals surface area contributed by atoms with Crippen LogP contribution in [-0.2, 0) is 9.59 Å². The first-order valence-electron chi connectivity index (χ1n) is 4.42. The number of carbonyl (C=O) groups is 2. The van der Waals surface area contributed by atoms with Gasteiger partial charge in [0.1, 0.15) is 0 Å². The summed E-state index contributed by atoms with van der Waals surface area (Å²) in [5.74, 6) is -1.04. The lowest BCUT2D eigenvalue weighted by Crippen LogP contribution is -2.34. The lowest BCUT2D eigenvalue weighted by atomic mass is 9.85. The number of fused-ring (bicyclic) bond motifs is 2. The van der Waals surface area contributed by atoms with Crippen molar-refractivity contribution in [3.8, 4) is 0 Å². The molecule has 2 aliphatic rings. The average Bonchev–Trinajstić information content (AvgIpc) is 2.60. The van der Waals surface area contributed by atoms with E-state index in [1.54, 1.807) is 0 Å². The van der Waals surface area contributed by atoms with Gasteiger partial charge >= 0.3 is 0 Å². The van der Waals surface area contributed by atoms with Crippen LogP contribution in [0.25, 0.3) is 0 Å². The van der Waals surface area contributed by atoms with E-state index >= 15 is 0 Å². The summed E-state index contributed by atoms with van der Waals surface area (Å²) in [4.78, 5) is 22.1. The van der Waals surface area contributed by atoms with Gasteiger partial charge < -0.3 is 11.5 Å². The highest BCUT2D eigenvalue weighted by molar-refractivity contribution is 6.00. The third-order valence-electron chi connectivity index (χ3n) is 3.06. The normalized spacial score (nSPS) is 31.1. The van der Waals surface area contributed by atoms with Crippen LogP contribution in [0.4, 0.5) is 0 Å². The molecule has 0 aliphatic heterocycles. The largest absolute Gasteiger partial charge is 0.369 e. The van der Waals surface area contributed by atoms with E-state index in [2.05, 4.69) is 0 Å². The summed E-state index contributed by atoms with van der Waals surface area (Å²) in [7, 11) is 0. The molecule has 0 saturated heterocycles. The minimum absolute atomic E-state index is 0.245. The summed E-state index contributed by atoms with van der Waals surface area (Å²) in [6, 6.07) is 0. The molecule has 4 N–H and O–H groups in total. The van der Waals surface area contributed by atoms with Crippen molar-refractivity contribution < 1.29 is 9.59 Å². The smallest absolute Gasteiger partial charge is 0.245 e. The highest BCUT2D eigenvalue weighted by atomic mass is 16.2. The molecular formula is C9H12N2O2. The molecule has 1 fully saturated rings. The zero-order chi connectivity index (χ0) is 9.59. The molecule has 4 heteroatoms. The van der Waals surface area contributed by atoms with Gasteiger partial charge in [-0.1, -0.05) is 5.57 Å². The molecular weight excluding hydrogens is 168 g/mol. The van der Waals surface area contributed by atoms with E-state index in [0.29, 0.717) is 5.57 Å². The topological polar surface area (TPSA) is 86.2 Å². The zero-order valence-electron chi connectivity index (χ0n) is 7.25. The predicted octanol–water partition coefficient (Wildman–Crippen LogP) is -0.316. The Morgan fingerprint density at radius 3 is 2.46 bits per heavy atom. The molecule has 4 nitrogen and oxygen atoms in total. The maximum absolute atomic E-state index is 11.1. The molecule has 2 bridgehead atoms. The van der Waals surface area contributed by atoms with Gasteiger partial charge in [-0.2, -0.15) is 0 Å². The summed E-state index contributed by atoms with van der Waals surface area (Å²) in [5, 5.41) is 0. The summed E-state index contributed by atoms with van der Waals surface area (Å²) in [6.45, 7) is 0. The van der Waals surface area contributed by atoms with Crippen LogP contribution < -0.4 is 11.5 Å². The first-order chi connectivity index (χ1) is 6.11. The molecule has 2 aliphatic carbocycles. The van der Waals surface area contributed by atoms with Crippen molar-refractivity contribution in [1.29, 1.82) is 0 Å². The summed E-state index contributed by atoms with van der Waals surface area (Å²) < 4.78 is 0. The minimum Gasteiger partial charge on any atom is -0.369 e. The number of nitrogens with two attached hydrogens (primary N) is 2. The number of allylic oxidation sites excluding steroid dienone is 1. The van der Waals surface area contributed by atoms with Crippen molar-refractivity contribution in [1.82, 2.24) is 0 Å². The van der Waals surface area contributed by atoms with Gasteiger partial charge in [-0.05, 0) is 25.2 Å². The third kappa shape index (κ3) is 1.05. The lowest BCUT2D eigenvalue weighted by molar-refractivity contribution is -0.124. The van der Waals surface area contributed by atoms with Crippen LogP contribution in [0, 0.1) is 11.8 Å². The molecule has 0 heterocycles. The van der Waals surface area contributed by atoms with Crippen LogP contribution in [0.5, 0.6) is 0 Å². The molecule has 0 aromatic rings. The molecule has 0 aromatic heterocycles. The number of carbonyl (C=O) groups excluding carboxylic acids is 2. The first kappa shape index (κ1) is 8.29. The number of hydrogen-bond acceptors (Lipinski definition) is 2. The lowest BCUT2D eigenvalue weighted by Gasteiger charge is -2.19. The van der Waals surface area contributed by atoms with E-state index in [1.807, 2.05) is 0 Å². The van der Waals surface area contributed by atoms with E-state index < -0.39 is 17.7 Å². The molecule has 1 saturated carbocycles. The van der Waals surface area contributed by atoms with Gasteiger partial charge in [0.05, 0.1) is 5.92 Å². The van der Waals surface area contributed by atoms with Crippen LogP contribution in [0.3, 0.4) is 0 Å². The van der Waals surface area contributed by atoms with Crippen molar-refractivity contribution in [3.05, 3.63) is 11.1 Å². The Labute approximate surface area is 76.0 Å². The first-order valence-corrected chi connectivity index (χ1v) is 4.42. The SMILES string of the molecule is NC(=O)C1=C2CCC(C2)C1C(N)=O. The fraction of sp³-hybridized carbons (Fsp3) is 0.556. The van der Waals surface area contributed by atoms with Gasteiger partial charge in [0.25, 0.3) is 0 Å². The molecule has 2 atom stereocenters. The Hall–Kier alpha value is -1.32. The average molecular weight is 180 g/mol. The Morgan fingerprint density at radius 2 is 2.00 bits per heavy atom. The van der Waals surface area contributed by atoms with Crippen LogP contribution in [0.1, 0.15) is 19.3 Å². The molecule has 2 unspecified atom stereocenters. The number of primary amides is 2. The molecule has 2 amide bonds. The van der Waals surface area contributed by atoms with Crippen molar-refractivity contribution in [2.75, 3.05) is 0 Å². The Balaban J connectivity index is 2.40. The van der Waals surface area contributed by atoms with E-state index in [4.69, 9.17) is 11.5 Å². The molecule has 0 aromatic carbocycles. The molecule has 0 spiro atoms.